The molecule has 3 aliphatic carbocycles. The third-order valence-corrected chi connectivity index (χ3v) is 15.0. The molecule has 0 saturated carbocycles. The number of aryl methyl sites for hydroxylation is 1. The minimum atomic E-state index is -0.235. The van der Waals surface area contributed by atoms with Gasteiger partial charge >= 0.3 is 0 Å². The fraction of sp³-hybridized carbons (Fsp3) is 0.115. The topological polar surface area (TPSA) is 18.0 Å². The molecule has 0 amide bonds. The second-order valence-electron chi connectivity index (χ2n) is 18.6. The summed E-state index contributed by atoms with van der Waals surface area (Å²) in [6.45, 7) is 2.42. The molecule has 0 fully saturated rings. The van der Waals surface area contributed by atoms with Gasteiger partial charge in [0.25, 0.3) is 0 Å². The third-order valence-electron chi connectivity index (χ3n) is 15.0. The van der Waals surface area contributed by atoms with Crippen LogP contribution in [0.3, 0.4) is 0 Å². The number of aromatic nitrogens is 3. The molecule has 4 nitrogen and oxygen atoms in total. The van der Waals surface area contributed by atoms with Crippen LogP contribution in [-0.2, 0) is 18.4 Å². The summed E-state index contributed by atoms with van der Waals surface area (Å²) in [6.07, 6.45) is 21.7. The zero-order valence-electron chi connectivity index (χ0n) is 36.3. The van der Waals surface area contributed by atoms with Gasteiger partial charge < -0.3 is 18.6 Å². The number of fused-ring (bicyclic) bond motifs is 12. The Bertz CT molecular complexity index is 3710. The molecule has 3 unspecified atom stereocenters. The van der Waals surface area contributed by atoms with Crippen LogP contribution in [0.1, 0.15) is 47.3 Å². The van der Waals surface area contributed by atoms with E-state index in [9.17, 15) is 0 Å². The van der Waals surface area contributed by atoms with Gasteiger partial charge in [-0.3, -0.25) is 0 Å². The summed E-state index contributed by atoms with van der Waals surface area (Å²) in [5.41, 5.74) is 18.9. The van der Waals surface area contributed by atoms with E-state index < -0.39 is 0 Å². The highest BCUT2D eigenvalue weighted by Crippen LogP contribution is 2.49. The molecule has 14 rings (SSSR count). The van der Waals surface area contributed by atoms with E-state index in [0.29, 0.717) is 5.92 Å². The molecule has 310 valence electrons. The first-order chi connectivity index (χ1) is 32.1. The van der Waals surface area contributed by atoms with Gasteiger partial charge in [-0.05, 0) is 109 Å². The molecule has 10 aromatic rings. The summed E-state index contributed by atoms with van der Waals surface area (Å²) in [6, 6.07) is 61.3. The summed E-state index contributed by atoms with van der Waals surface area (Å²) in [4.78, 5) is 2.53. The smallest absolute Gasteiger partial charge is 0.0663 e. The normalized spacial score (nSPS) is 19.4. The molecule has 3 atom stereocenters. The van der Waals surface area contributed by atoms with Crippen LogP contribution in [0.2, 0.25) is 0 Å². The van der Waals surface area contributed by atoms with Gasteiger partial charge in [0.2, 0.25) is 0 Å². The molecule has 0 spiro atoms. The number of allylic oxidation sites excluding steroid dienone is 4. The van der Waals surface area contributed by atoms with Crippen molar-refractivity contribution >= 4 is 67.1 Å². The predicted octanol–water partition coefficient (Wildman–Crippen LogP) is 15.0. The first-order valence-electron chi connectivity index (χ1n) is 23.2. The van der Waals surface area contributed by atoms with Crippen LogP contribution in [-0.4, -0.2) is 19.7 Å². The van der Waals surface area contributed by atoms with Gasteiger partial charge in [-0.2, -0.15) is 0 Å². The van der Waals surface area contributed by atoms with Crippen molar-refractivity contribution in [2.24, 2.45) is 0 Å². The quantitative estimate of drug-likeness (QED) is 0.169. The van der Waals surface area contributed by atoms with Crippen LogP contribution >= 0.6 is 0 Å². The zero-order chi connectivity index (χ0) is 42.8. The van der Waals surface area contributed by atoms with Crippen molar-refractivity contribution in [2.45, 2.75) is 43.7 Å². The van der Waals surface area contributed by atoms with E-state index in [2.05, 4.69) is 238 Å². The Kier molecular flexibility index (Phi) is 7.80. The van der Waals surface area contributed by atoms with E-state index >= 15 is 0 Å². The Morgan fingerprint density at radius 2 is 1.17 bits per heavy atom. The molecule has 4 aliphatic rings. The lowest BCUT2D eigenvalue weighted by atomic mass is 9.86. The van der Waals surface area contributed by atoms with Gasteiger partial charge in [0, 0.05) is 79.1 Å². The predicted molar refractivity (Wildman–Crippen MR) is 272 cm³/mol. The second kappa shape index (κ2) is 13.8. The molecular weight excluding hydrogens is 789 g/mol. The van der Waals surface area contributed by atoms with Crippen molar-refractivity contribution in [3.63, 3.8) is 0 Å². The molecule has 0 saturated heterocycles. The minimum absolute atomic E-state index is 0.235. The van der Waals surface area contributed by atoms with E-state index in [0.717, 1.165) is 24.9 Å². The molecule has 4 heterocycles. The Morgan fingerprint density at radius 3 is 1.97 bits per heavy atom. The van der Waals surface area contributed by atoms with Crippen LogP contribution in [0.4, 0.5) is 11.4 Å². The number of anilines is 2. The van der Waals surface area contributed by atoms with Crippen LogP contribution in [0.5, 0.6) is 0 Å². The summed E-state index contributed by atoms with van der Waals surface area (Å²) >= 11 is 0. The number of hydrogen-bond donors (Lipinski definition) is 0. The van der Waals surface area contributed by atoms with Crippen molar-refractivity contribution in [1.29, 1.82) is 0 Å². The zero-order valence-corrected chi connectivity index (χ0v) is 36.3. The van der Waals surface area contributed by atoms with Crippen LogP contribution in [0, 0.1) is 0 Å². The Morgan fingerprint density at radius 1 is 0.538 bits per heavy atom. The lowest BCUT2D eigenvalue weighted by Gasteiger charge is -2.35. The molecular formula is C61H46N4. The highest BCUT2D eigenvalue weighted by Gasteiger charge is 2.38. The lowest BCUT2D eigenvalue weighted by Crippen LogP contribution is -2.34. The monoisotopic (exact) mass is 834 g/mol. The molecule has 7 aromatic carbocycles. The molecule has 4 heteroatoms. The maximum absolute atomic E-state index is 2.62. The summed E-state index contributed by atoms with van der Waals surface area (Å²) in [5.74, 6) is 0.347. The highest BCUT2D eigenvalue weighted by molar-refractivity contribution is 6.10. The molecule has 65 heavy (non-hydrogen) atoms. The fourth-order valence-electron chi connectivity index (χ4n) is 12.1. The van der Waals surface area contributed by atoms with Crippen LogP contribution in [0.25, 0.3) is 78.3 Å². The first kappa shape index (κ1) is 36.6. The number of benzene rings is 7. The van der Waals surface area contributed by atoms with Crippen molar-refractivity contribution < 1.29 is 0 Å². The second-order valence-corrected chi connectivity index (χ2v) is 18.6. The van der Waals surface area contributed by atoms with Crippen LogP contribution < -0.4 is 4.90 Å². The standard InChI is InChI=1S/C61H46N4/c1-61(65-57-24-12-6-18-49(57)50-19-7-13-25-58(50)65)37-36-52-48-17-5-9-21-54(48)63(60(52)39-61)43-32-28-41(29-33-43)40-26-30-42(31-27-40)62-53-20-8-4-16-47(53)51-35-34-44(38-59(51)62)64-55-22-10-2-14-45(55)46-15-3-11-23-56(46)64/h2-6,8-18,20-38,45,55H,7,19,39H2,1H3. The SMILES string of the molecule is CC1(n2c3c(c4ccccc42)CCC=C3)C=Cc2c(n(-c3ccc(-c4ccc(-n5c6ccccc6c6ccc(N7c8ccccc8C8C=CC=CC87)cc65)cc4)cc3)c3ccccc23)C1. The van der Waals surface area contributed by atoms with Crippen molar-refractivity contribution in [1.82, 2.24) is 13.7 Å². The largest absolute Gasteiger partial charge is 0.333 e. The molecule has 3 aromatic heterocycles. The Labute approximate surface area is 378 Å². The highest BCUT2D eigenvalue weighted by atomic mass is 15.2. The molecule has 0 N–H and O–H groups in total. The summed E-state index contributed by atoms with van der Waals surface area (Å²) in [5, 5.41) is 5.22. The molecule has 0 radical (unpaired) electrons. The van der Waals surface area contributed by atoms with Crippen molar-refractivity contribution in [3.05, 3.63) is 228 Å². The van der Waals surface area contributed by atoms with Crippen LogP contribution in [0.15, 0.2) is 200 Å². The van der Waals surface area contributed by atoms with E-state index in [1.54, 1.807) is 0 Å². The number of para-hydroxylation sites is 4. The van der Waals surface area contributed by atoms with Gasteiger partial charge in [-0.1, -0.05) is 146 Å². The summed E-state index contributed by atoms with van der Waals surface area (Å²) < 4.78 is 7.58. The van der Waals surface area contributed by atoms with E-state index in [4.69, 9.17) is 0 Å². The average molecular weight is 835 g/mol. The van der Waals surface area contributed by atoms with Crippen molar-refractivity contribution in [3.8, 4) is 22.5 Å². The van der Waals surface area contributed by atoms with E-state index in [-0.39, 0.29) is 11.6 Å². The van der Waals surface area contributed by atoms with Gasteiger partial charge in [0.1, 0.15) is 0 Å². The van der Waals surface area contributed by atoms with E-state index in [1.807, 2.05) is 0 Å². The molecule has 1 aliphatic heterocycles. The van der Waals surface area contributed by atoms with Gasteiger partial charge in [0.15, 0.2) is 0 Å². The van der Waals surface area contributed by atoms with Gasteiger partial charge in [-0.15, -0.1) is 0 Å². The van der Waals surface area contributed by atoms with E-state index in [1.165, 1.54) is 99.9 Å². The minimum Gasteiger partial charge on any atom is -0.333 e. The van der Waals surface area contributed by atoms with Gasteiger partial charge in [0.05, 0.1) is 28.1 Å². The first-order valence-corrected chi connectivity index (χ1v) is 23.2. The molecule has 0 bridgehead atoms. The lowest BCUT2D eigenvalue weighted by molar-refractivity contribution is 0.408. The third kappa shape index (κ3) is 5.31. The number of rotatable bonds is 5. The number of hydrogen-bond acceptors (Lipinski definition) is 1. The number of nitrogens with zero attached hydrogens (tertiary/aromatic N) is 4. The Hall–Kier alpha value is -7.82. The van der Waals surface area contributed by atoms with Crippen molar-refractivity contribution in [2.75, 3.05) is 4.90 Å². The Balaban J connectivity index is 0.825. The fourth-order valence-corrected chi connectivity index (χ4v) is 12.1. The maximum Gasteiger partial charge on any atom is 0.0663 e. The maximum atomic E-state index is 2.62. The summed E-state index contributed by atoms with van der Waals surface area (Å²) in [7, 11) is 0. The average Bonchev–Trinajstić information content (AvgIpc) is 4.09. The van der Waals surface area contributed by atoms with Gasteiger partial charge in [-0.25, -0.2) is 0 Å².